The summed E-state index contributed by atoms with van der Waals surface area (Å²) in [6, 6.07) is 2.16. The van der Waals surface area contributed by atoms with E-state index in [0.717, 1.165) is 13.1 Å². The standard InChI is InChI=1S/C7H10IN3/c1-11-7(8)2-6(10-11)5-3-9-4-5/h2,5,9H,3-4H2,1H3. The fraction of sp³-hybridized carbons (Fsp3) is 0.571. The van der Waals surface area contributed by atoms with Crippen molar-refractivity contribution in [3.05, 3.63) is 15.5 Å². The molecule has 4 heteroatoms. The highest BCUT2D eigenvalue weighted by molar-refractivity contribution is 14.1. The van der Waals surface area contributed by atoms with Gasteiger partial charge < -0.3 is 5.32 Å². The van der Waals surface area contributed by atoms with Crippen LogP contribution in [0.5, 0.6) is 0 Å². The Balaban J connectivity index is 2.24. The van der Waals surface area contributed by atoms with E-state index in [1.54, 1.807) is 0 Å². The minimum atomic E-state index is 0.657. The molecule has 0 radical (unpaired) electrons. The molecule has 0 aliphatic carbocycles. The van der Waals surface area contributed by atoms with Gasteiger partial charge in [-0.15, -0.1) is 0 Å². The molecule has 1 N–H and O–H groups in total. The van der Waals surface area contributed by atoms with Crippen LogP contribution >= 0.6 is 22.6 Å². The van der Waals surface area contributed by atoms with E-state index in [2.05, 4.69) is 39.1 Å². The van der Waals surface area contributed by atoms with E-state index in [1.165, 1.54) is 9.39 Å². The third-order valence-corrected chi connectivity index (χ3v) is 3.05. The Labute approximate surface area is 79.3 Å². The average Bonchev–Trinajstić information content (AvgIpc) is 2.08. The van der Waals surface area contributed by atoms with Crippen molar-refractivity contribution in [3.8, 4) is 0 Å². The number of rotatable bonds is 1. The molecule has 1 saturated heterocycles. The smallest absolute Gasteiger partial charge is 0.0989 e. The lowest BCUT2D eigenvalue weighted by molar-refractivity contribution is 0.436. The van der Waals surface area contributed by atoms with Crippen molar-refractivity contribution in [1.82, 2.24) is 15.1 Å². The number of aryl methyl sites for hydroxylation is 1. The number of halogens is 1. The van der Waals surface area contributed by atoms with Gasteiger partial charge in [0.1, 0.15) is 0 Å². The van der Waals surface area contributed by atoms with Crippen molar-refractivity contribution in [2.24, 2.45) is 7.05 Å². The molecule has 1 aromatic heterocycles. The second kappa shape index (κ2) is 2.75. The molecule has 1 aromatic rings. The Kier molecular flexibility index (Phi) is 1.88. The third kappa shape index (κ3) is 1.29. The first kappa shape index (κ1) is 7.54. The van der Waals surface area contributed by atoms with Crippen LogP contribution in [0.1, 0.15) is 11.6 Å². The van der Waals surface area contributed by atoms with Gasteiger partial charge in [-0.05, 0) is 28.7 Å². The normalized spacial score (nSPS) is 18.4. The highest BCUT2D eigenvalue weighted by Crippen LogP contribution is 2.19. The van der Waals surface area contributed by atoms with Crippen LogP contribution in [0, 0.1) is 3.70 Å². The zero-order chi connectivity index (χ0) is 7.84. The van der Waals surface area contributed by atoms with Crippen molar-refractivity contribution in [1.29, 1.82) is 0 Å². The largest absolute Gasteiger partial charge is 0.315 e. The zero-order valence-electron chi connectivity index (χ0n) is 6.34. The maximum atomic E-state index is 4.40. The maximum Gasteiger partial charge on any atom is 0.0989 e. The lowest BCUT2D eigenvalue weighted by atomic mass is 10.0. The summed E-state index contributed by atoms with van der Waals surface area (Å²) in [5, 5.41) is 7.64. The second-order valence-electron chi connectivity index (χ2n) is 2.87. The number of nitrogens with one attached hydrogen (secondary N) is 1. The second-order valence-corrected chi connectivity index (χ2v) is 3.98. The van der Waals surface area contributed by atoms with Crippen molar-refractivity contribution in [3.63, 3.8) is 0 Å². The highest BCUT2D eigenvalue weighted by atomic mass is 127. The van der Waals surface area contributed by atoms with Crippen molar-refractivity contribution in [2.75, 3.05) is 13.1 Å². The first-order valence-corrected chi connectivity index (χ1v) is 4.75. The molecule has 0 bridgehead atoms. The van der Waals surface area contributed by atoms with Gasteiger partial charge in [0.2, 0.25) is 0 Å². The van der Waals surface area contributed by atoms with E-state index in [4.69, 9.17) is 0 Å². The predicted octanol–water partition coefficient (Wildman–Crippen LogP) is 0.711. The summed E-state index contributed by atoms with van der Waals surface area (Å²) in [5.74, 6) is 0.657. The zero-order valence-corrected chi connectivity index (χ0v) is 8.50. The van der Waals surface area contributed by atoms with Crippen LogP contribution in [0.3, 0.4) is 0 Å². The monoisotopic (exact) mass is 263 g/mol. The molecule has 1 aliphatic heterocycles. The van der Waals surface area contributed by atoms with Crippen LogP contribution < -0.4 is 5.32 Å². The molecule has 3 nitrogen and oxygen atoms in total. The van der Waals surface area contributed by atoms with E-state index in [0.29, 0.717) is 5.92 Å². The molecule has 0 spiro atoms. The van der Waals surface area contributed by atoms with Crippen LogP contribution in [-0.2, 0) is 7.05 Å². The summed E-state index contributed by atoms with van der Waals surface area (Å²) in [6.07, 6.45) is 0. The maximum absolute atomic E-state index is 4.40. The number of aromatic nitrogens is 2. The first-order valence-electron chi connectivity index (χ1n) is 3.67. The summed E-state index contributed by atoms with van der Waals surface area (Å²) in [7, 11) is 1.98. The van der Waals surface area contributed by atoms with Gasteiger partial charge in [0.25, 0.3) is 0 Å². The SMILES string of the molecule is Cn1nc(C2CNC2)cc1I. The van der Waals surface area contributed by atoms with Crippen LogP contribution in [0.2, 0.25) is 0 Å². The van der Waals surface area contributed by atoms with E-state index in [1.807, 2.05) is 11.7 Å². The summed E-state index contributed by atoms with van der Waals surface area (Å²) in [6.45, 7) is 2.18. The first-order chi connectivity index (χ1) is 5.27. The van der Waals surface area contributed by atoms with Crippen molar-refractivity contribution < 1.29 is 0 Å². The highest BCUT2D eigenvalue weighted by Gasteiger charge is 2.21. The number of nitrogens with zero attached hydrogens (tertiary/aromatic N) is 2. The van der Waals surface area contributed by atoms with Gasteiger partial charge in [0, 0.05) is 26.1 Å². The summed E-state index contributed by atoms with van der Waals surface area (Å²) in [4.78, 5) is 0. The summed E-state index contributed by atoms with van der Waals surface area (Å²) >= 11 is 2.30. The molecular formula is C7H10IN3. The Bertz CT molecular complexity index is 245. The Morgan fingerprint density at radius 2 is 2.45 bits per heavy atom. The molecule has 0 saturated carbocycles. The van der Waals surface area contributed by atoms with E-state index >= 15 is 0 Å². The molecule has 0 unspecified atom stereocenters. The molecule has 0 atom stereocenters. The third-order valence-electron chi connectivity index (χ3n) is 2.04. The van der Waals surface area contributed by atoms with Crippen LogP contribution in [0.15, 0.2) is 6.07 Å². The van der Waals surface area contributed by atoms with Gasteiger partial charge >= 0.3 is 0 Å². The van der Waals surface area contributed by atoms with Gasteiger partial charge in [-0.25, -0.2) is 0 Å². The molecule has 2 heterocycles. The van der Waals surface area contributed by atoms with E-state index in [9.17, 15) is 0 Å². The van der Waals surface area contributed by atoms with Gasteiger partial charge in [0.05, 0.1) is 9.39 Å². The molecule has 11 heavy (non-hydrogen) atoms. The molecule has 0 amide bonds. The summed E-state index contributed by atoms with van der Waals surface area (Å²) < 4.78 is 3.14. The molecule has 0 aromatic carbocycles. The Morgan fingerprint density at radius 3 is 2.82 bits per heavy atom. The van der Waals surface area contributed by atoms with E-state index < -0.39 is 0 Å². The minimum Gasteiger partial charge on any atom is -0.315 e. The average molecular weight is 263 g/mol. The van der Waals surface area contributed by atoms with Crippen molar-refractivity contribution in [2.45, 2.75) is 5.92 Å². The fourth-order valence-electron chi connectivity index (χ4n) is 1.16. The molecule has 60 valence electrons. The predicted molar refractivity (Wildman–Crippen MR) is 51.5 cm³/mol. The Morgan fingerprint density at radius 1 is 1.73 bits per heavy atom. The molecule has 1 aliphatic rings. The van der Waals surface area contributed by atoms with Crippen LogP contribution in [0.4, 0.5) is 0 Å². The summed E-state index contributed by atoms with van der Waals surface area (Å²) in [5.41, 5.74) is 1.23. The topological polar surface area (TPSA) is 29.9 Å². The van der Waals surface area contributed by atoms with Gasteiger partial charge in [-0.1, -0.05) is 0 Å². The lowest BCUT2D eigenvalue weighted by Gasteiger charge is -2.24. The quantitative estimate of drug-likeness (QED) is 0.756. The van der Waals surface area contributed by atoms with Gasteiger partial charge in [0.15, 0.2) is 0 Å². The van der Waals surface area contributed by atoms with E-state index in [-0.39, 0.29) is 0 Å². The molecular weight excluding hydrogens is 253 g/mol. The lowest BCUT2D eigenvalue weighted by Crippen LogP contribution is -2.40. The van der Waals surface area contributed by atoms with Crippen LogP contribution in [0.25, 0.3) is 0 Å². The minimum absolute atomic E-state index is 0.657. The van der Waals surface area contributed by atoms with Crippen LogP contribution in [-0.4, -0.2) is 22.9 Å². The van der Waals surface area contributed by atoms with Gasteiger partial charge in [-0.3, -0.25) is 4.68 Å². The fourth-order valence-corrected chi connectivity index (χ4v) is 1.59. The number of hydrogen-bond acceptors (Lipinski definition) is 2. The van der Waals surface area contributed by atoms with Gasteiger partial charge in [-0.2, -0.15) is 5.10 Å². The number of hydrogen-bond donors (Lipinski definition) is 1. The Hall–Kier alpha value is -0.100. The molecule has 2 rings (SSSR count). The van der Waals surface area contributed by atoms with Crippen molar-refractivity contribution >= 4 is 22.6 Å². The molecule has 1 fully saturated rings.